The van der Waals surface area contributed by atoms with Crippen molar-refractivity contribution in [3.05, 3.63) is 76.5 Å². The van der Waals surface area contributed by atoms with Crippen LogP contribution in [0.5, 0.6) is 0 Å². The molecule has 1 unspecified atom stereocenters. The Bertz CT molecular complexity index is 1220. The Hall–Kier alpha value is -3.58. The Morgan fingerprint density at radius 2 is 1.91 bits per heavy atom. The van der Waals surface area contributed by atoms with E-state index in [-0.39, 0.29) is 12.5 Å². The van der Waals surface area contributed by atoms with Gasteiger partial charge in [0.2, 0.25) is 0 Å². The first-order valence-corrected chi connectivity index (χ1v) is 11.5. The van der Waals surface area contributed by atoms with Crippen LogP contribution >= 0.6 is 11.6 Å². The number of aliphatic carboxylic acids is 1. The summed E-state index contributed by atoms with van der Waals surface area (Å²) in [6.45, 7) is 1.92. The molecule has 176 valence electrons. The molecule has 0 aliphatic heterocycles. The largest absolute Gasteiger partial charge is 0.481 e. The molecule has 0 saturated heterocycles. The molecule has 0 saturated carbocycles. The SMILES string of the molecule is Cc1noc(-c2ccc(C3=CCC(C(=O)O)CC3)cc2)c1NC(=O)OCCc1ccccc1Cl. The number of rotatable bonds is 7. The number of nitrogens with zero attached hydrogens (tertiary/aromatic N) is 1. The lowest BCUT2D eigenvalue weighted by Gasteiger charge is -2.18. The number of amides is 1. The van der Waals surface area contributed by atoms with Gasteiger partial charge in [-0.2, -0.15) is 0 Å². The number of carbonyl (C=O) groups excluding carboxylic acids is 1. The third kappa shape index (κ3) is 5.48. The molecule has 1 atom stereocenters. The minimum Gasteiger partial charge on any atom is -0.481 e. The Balaban J connectivity index is 1.40. The molecule has 3 aromatic rings. The van der Waals surface area contributed by atoms with Gasteiger partial charge in [0, 0.05) is 17.0 Å². The molecule has 0 bridgehead atoms. The van der Waals surface area contributed by atoms with E-state index in [0.29, 0.717) is 41.4 Å². The quantitative estimate of drug-likeness (QED) is 0.407. The van der Waals surface area contributed by atoms with Crippen LogP contribution in [0.25, 0.3) is 16.9 Å². The van der Waals surface area contributed by atoms with Crippen LogP contribution < -0.4 is 5.32 Å². The average molecular weight is 481 g/mol. The number of nitrogens with one attached hydrogen (secondary N) is 1. The van der Waals surface area contributed by atoms with Crippen molar-refractivity contribution < 1.29 is 24.0 Å². The normalized spacial score (nSPS) is 15.5. The molecule has 7 nitrogen and oxygen atoms in total. The van der Waals surface area contributed by atoms with Gasteiger partial charge in [-0.25, -0.2) is 4.79 Å². The number of hydrogen-bond acceptors (Lipinski definition) is 5. The molecule has 2 aromatic carbocycles. The Morgan fingerprint density at radius 1 is 1.18 bits per heavy atom. The van der Waals surface area contributed by atoms with Crippen LogP contribution in [0, 0.1) is 12.8 Å². The van der Waals surface area contributed by atoms with Gasteiger partial charge in [-0.05, 0) is 49.0 Å². The smallest absolute Gasteiger partial charge is 0.411 e. The summed E-state index contributed by atoms with van der Waals surface area (Å²) in [6.07, 6.45) is 3.81. The lowest BCUT2D eigenvalue weighted by molar-refractivity contribution is -0.141. The van der Waals surface area contributed by atoms with E-state index in [4.69, 9.17) is 26.0 Å². The zero-order valence-corrected chi connectivity index (χ0v) is 19.5. The van der Waals surface area contributed by atoms with Crippen LogP contribution in [0.4, 0.5) is 10.5 Å². The summed E-state index contributed by atoms with van der Waals surface area (Å²) in [5, 5.41) is 16.5. The Morgan fingerprint density at radius 3 is 2.59 bits per heavy atom. The van der Waals surface area contributed by atoms with Gasteiger partial charge in [0.25, 0.3) is 0 Å². The fourth-order valence-electron chi connectivity index (χ4n) is 3.96. The van der Waals surface area contributed by atoms with E-state index in [9.17, 15) is 9.59 Å². The molecule has 0 spiro atoms. The van der Waals surface area contributed by atoms with Crippen molar-refractivity contribution in [1.29, 1.82) is 0 Å². The maximum atomic E-state index is 12.4. The molecule has 0 fully saturated rings. The van der Waals surface area contributed by atoms with E-state index in [1.54, 1.807) is 13.0 Å². The monoisotopic (exact) mass is 480 g/mol. The second kappa shape index (κ2) is 10.6. The minimum absolute atomic E-state index is 0.182. The van der Waals surface area contributed by atoms with Crippen molar-refractivity contribution in [3.63, 3.8) is 0 Å². The highest BCUT2D eigenvalue weighted by molar-refractivity contribution is 6.31. The zero-order valence-electron chi connectivity index (χ0n) is 18.7. The molecule has 2 N–H and O–H groups in total. The average Bonchev–Trinajstić information content (AvgIpc) is 3.20. The number of carbonyl (C=O) groups is 2. The number of aryl methyl sites for hydroxylation is 1. The van der Waals surface area contributed by atoms with Crippen LogP contribution in [0.3, 0.4) is 0 Å². The summed E-state index contributed by atoms with van der Waals surface area (Å²) in [7, 11) is 0. The Kier molecular flexibility index (Phi) is 7.33. The highest BCUT2D eigenvalue weighted by Crippen LogP contribution is 2.34. The van der Waals surface area contributed by atoms with E-state index in [1.807, 2.05) is 48.5 Å². The first-order chi connectivity index (χ1) is 16.4. The second-order valence-electron chi connectivity index (χ2n) is 8.19. The van der Waals surface area contributed by atoms with Gasteiger partial charge in [0.15, 0.2) is 5.76 Å². The van der Waals surface area contributed by atoms with Gasteiger partial charge in [0.1, 0.15) is 11.4 Å². The summed E-state index contributed by atoms with van der Waals surface area (Å²) in [5.74, 6) is -0.609. The van der Waals surface area contributed by atoms with Crippen molar-refractivity contribution in [2.75, 3.05) is 11.9 Å². The molecular formula is C26H25ClN2O5. The molecule has 1 aliphatic rings. The molecule has 1 amide bonds. The molecule has 8 heteroatoms. The molecule has 1 aromatic heterocycles. The number of benzene rings is 2. The second-order valence-corrected chi connectivity index (χ2v) is 8.60. The van der Waals surface area contributed by atoms with Crippen LogP contribution in [-0.4, -0.2) is 28.9 Å². The summed E-state index contributed by atoms with van der Waals surface area (Å²) < 4.78 is 10.8. The number of hydrogen-bond donors (Lipinski definition) is 2. The number of carboxylic acids is 1. The number of halogens is 1. The van der Waals surface area contributed by atoms with Gasteiger partial charge in [0.05, 0.1) is 12.5 Å². The van der Waals surface area contributed by atoms with Gasteiger partial charge < -0.3 is 14.4 Å². The number of carboxylic acid groups (broad SMARTS) is 1. The highest BCUT2D eigenvalue weighted by atomic mass is 35.5. The van der Waals surface area contributed by atoms with E-state index >= 15 is 0 Å². The van der Waals surface area contributed by atoms with Crippen molar-refractivity contribution in [2.45, 2.75) is 32.6 Å². The van der Waals surface area contributed by atoms with Crippen molar-refractivity contribution in [2.24, 2.45) is 5.92 Å². The zero-order chi connectivity index (χ0) is 24.1. The van der Waals surface area contributed by atoms with Crippen LogP contribution in [0.2, 0.25) is 5.02 Å². The number of aromatic nitrogens is 1. The highest BCUT2D eigenvalue weighted by Gasteiger charge is 2.22. The number of ether oxygens (including phenoxy) is 1. The molecule has 34 heavy (non-hydrogen) atoms. The molecule has 4 rings (SSSR count). The number of anilines is 1. The van der Waals surface area contributed by atoms with Crippen LogP contribution in [0.15, 0.2) is 59.1 Å². The topological polar surface area (TPSA) is 102 Å². The minimum atomic E-state index is -0.742. The molecule has 1 aliphatic carbocycles. The number of allylic oxidation sites excluding steroid dienone is 2. The first kappa shape index (κ1) is 23.6. The predicted octanol–water partition coefficient (Wildman–Crippen LogP) is 6.36. The molecule has 0 radical (unpaired) electrons. The molecular weight excluding hydrogens is 456 g/mol. The van der Waals surface area contributed by atoms with E-state index in [0.717, 1.165) is 28.7 Å². The van der Waals surface area contributed by atoms with Gasteiger partial charge in [-0.15, -0.1) is 0 Å². The van der Waals surface area contributed by atoms with E-state index in [1.165, 1.54) is 0 Å². The maximum Gasteiger partial charge on any atom is 0.411 e. The fourth-order valence-corrected chi connectivity index (χ4v) is 4.19. The van der Waals surface area contributed by atoms with E-state index in [2.05, 4.69) is 10.5 Å². The third-order valence-corrected chi connectivity index (χ3v) is 6.30. The van der Waals surface area contributed by atoms with Crippen molar-refractivity contribution in [1.82, 2.24) is 5.16 Å². The maximum absolute atomic E-state index is 12.4. The summed E-state index contributed by atoms with van der Waals surface area (Å²) in [6, 6.07) is 15.1. The van der Waals surface area contributed by atoms with Gasteiger partial charge in [-0.3, -0.25) is 10.1 Å². The van der Waals surface area contributed by atoms with Gasteiger partial charge >= 0.3 is 12.1 Å². The third-order valence-electron chi connectivity index (χ3n) is 5.93. The van der Waals surface area contributed by atoms with Crippen molar-refractivity contribution in [3.8, 4) is 11.3 Å². The van der Waals surface area contributed by atoms with Crippen LogP contribution in [-0.2, 0) is 16.0 Å². The lowest BCUT2D eigenvalue weighted by Crippen LogP contribution is -2.16. The fraction of sp³-hybridized carbons (Fsp3) is 0.269. The molecule has 1 heterocycles. The Labute approximate surface area is 202 Å². The first-order valence-electron chi connectivity index (χ1n) is 11.1. The predicted molar refractivity (Wildman–Crippen MR) is 130 cm³/mol. The van der Waals surface area contributed by atoms with E-state index < -0.39 is 12.1 Å². The summed E-state index contributed by atoms with van der Waals surface area (Å²) >= 11 is 6.14. The van der Waals surface area contributed by atoms with Gasteiger partial charge in [-0.1, -0.05) is 65.3 Å². The summed E-state index contributed by atoms with van der Waals surface area (Å²) in [4.78, 5) is 23.5. The summed E-state index contributed by atoms with van der Waals surface area (Å²) in [5.41, 5.74) is 4.84. The standard InChI is InChI=1S/C26H25ClN2O5/c1-16-23(28-26(32)33-15-14-19-4-2-3-5-22(19)27)24(34-29-16)20-10-6-17(7-11-20)18-8-12-21(13-9-18)25(30)31/h2-8,10-11,21H,9,12-15H2,1H3,(H,28,32)(H,30,31). The lowest BCUT2D eigenvalue weighted by atomic mass is 9.86. The van der Waals surface area contributed by atoms with Crippen molar-refractivity contribution >= 4 is 34.9 Å². The van der Waals surface area contributed by atoms with Crippen LogP contribution in [0.1, 0.15) is 36.1 Å².